The van der Waals surface area contributed by atoms with Crippen LogP contribution in [0.25, 0.3) is 0 Å². The number of hydrogen-bond acceptors (Lipinski definition) is 10. The Morgan fingerprint density at radius 1 is 1.02 bits per heavy atom. The number of rotatable bonds is 12. The van der Waals surface area contributed by atoms with Crippen molar-refractivity contribution in [2.24, 2.45) is 11.7 Å². The number of sulfone groups is 1. The Bertz CT molecular complexity index is 1740. The molecule has 3 aliphatic rings. The van der Waals surface area contributed by atoms with Crippen molar-refractivity contribution in [3.63, 3.8) is 0 Å². The molecule has 4 amide bonds. The summed E-state index contributed by atoms with van der Waals surface area (Å²) in [5.41, 5.74) is 3.14. The van der Waals surface area contributed by atoms with Crippen molar-refractivity contribution in [3.05, 3.63) is 41.7 Å². The van der Waals surface area contributed by atoms with Gasteiger partial charge in [0.05, 0.1) is 22.8 Å². The van der Waals surface area contributed by atoms with E-state index in [9.17, 15) is 37.5 Å². The number of nitrogens with one attached hydrogen (secondary N) is 2. The minimum Gasteiger partial charge on any atom is -0.384 e. The second-order valence-corrected chi connectivity index (χ2v) is 16.9. The fraction of sp³-hybridized carbons (Fsp3) is 0.629. The highest BCUT2D eigenvalue weighted by molar-refractivity contribution is 7.90. The lowest BCUT2D eigenvalue weighted by atomic mass is 9.78. The number of aromatic nitrogens is 3. The molecule has 1 saturated heterocycles. The molecule has 278 valence electrons. The third-order valence-corrected chi connectivity index (χ3v) is 11.7. The number of primary amides is 1. The van der Waals surface area contributed by atoms with E-state index in [2.05, 4.69) is 20.9 Å². The summed E-state index contributed by atoms with van der Waals surface area (Å²) in [6.07, 6.45) is 10.2. The van der Waals surface area contributed by atoms with Gasteiger partial charge >= 0.3 is 0 Å². The molecule has 5 N–H and O–H groups in total. The molecule has 2 unspecified atom stereocenters. The molecule has 15 nitrogen and oxygen atoms in total. The Hall–Kier alpha value is -4.18. The summed E-state index contributed by atoms with van der Waals surface area (Å²) in [6, 6.07) is 2.68. The number of aliphatic hydroxyl groups is 1. The van der Waals surface area contributed by atoms with Crippen molar-refractivity contribution < 1.29 is 37.5 Å². The molecule has 0 bridgehead atoms. The van der Waals surface area contributed by atoms with Crippen LogP contribution in [0.15, 0.2) is 35.4 Å². The van der Waals surface area contributed by atoms with Gasteiger partial charge in [0, 0.05) is 24.8 Å². The number of hydrogen-bond donors (Lipinski definition) is 4. The summed E-state index contributed by atoms with van der Waals surface area (Å²) in [5.74, 6) is -3.60. The molecule has 3 fully saturated rings. The summed E-state index contributed by atoms with van der Waals surface area (Å²) in [6.45, 7) is 3.13. The van der Waals surface area contributed by atoms with Crippen molar-refractivity contribution in [2.45, 2.75) is 125 Å². The van der Waals surface area contributed by atoms with Crippen LogP contribution in [0, 0.1) is 5.92 Å². The van der Waals surface area contributed by atoms with Crippen molar-refractivity contribution in [1.29, 1.82) is 0 Å². The van der Waals surface area contributed by atoms with E-state index in [0.717, 1.165) is 44.8 Å². The molecule has 0 radical (unpaired) electrons. The Labute approximate surface area is 298 Å². The van der Waals surface area contributed by atoms with E-state index in [0.29, 0.717) is 25.0 Å². The van der Waals surface area contributed by atoms with Crippen molar-refractivity contribution in [2.75, 3.05) is 12.8 Å². The Balaban J connectivity index is 1.48. The molecule has 1 aromatic heterocycles. The molecule has 5 rings (SSSR count). The van der Waals surface area contributed by atoms with Gasteiger partial charge in [-0.05, 0) is 63.3 Å². The van der Waals surface area contributed by atoms with Gasteiger partial charge in [-0.15, -0.1) is 5.10 Å². The number of carbonyl (C=O) groups excluding carboxylic acids is 5. The maximum absolute atomic E-state index is 14.7. The first-order chi connectivity index (χ1) is 24.0. The van der Waals surface area contributed by atoms with Crippen LogP contribution in [0.1, 0.15) is 113 Å². The topological polar surface area (TPSA) is 224 Å². The first-order valence-corrected chi connectivity index (χ1v) is 19.6. The molecule has 16 heteroatoms. The second-order valence-electron chi connectivity index (χ2n) is 14.9. The standard InChI is InChI=1S/C35H49N7O8S/c1-34(2,48)28-20-37-40-42(28)24-19-27(32(46)39-35(29(43)30(36)44)16-8-5-9-17-35)41(21-24)33(47)26(18-22-10-6-4-7-11-22)38-31(45)23-12-14-25(15-13-23)51(3,49)50/h12-15,20,22,24,26-27,48H,4-11,16-19,21H2,1-3H3,(H2,36,44)(H,38,45)(H,39,46)/t24?,26-,27?/m1/s1. The van der Waals surface area contributed by atoms with E-state index < -0.39 is 68.5 Å². The van der Waals surface area contributed by atoms with Crippen LogP contribution in [0.5, 0.6) is 0 Å². The Kier molecular flexibility index (Phi) is 11.3. The predicted molar refractivity (Wildman–Crippen MR) is 185 cm³/mol. The van der Waals surface area contributed by atoms with Gasteiger partial charge in [0.15, 0.2) is 9.84 Å². The number of ketones is 1. The van der Waals surface area contributed by atoms with Gasteiger partial charge in [0.25, 0.3) is 11.8 Å². The first-order valence-electron chi connectivity index (χ1n) is 17.7. The average molecular weight is 728 g/mol. The zero-order valence-corrected chi connectivity index (χ0v) is 30.3. The monoisotopic (exact) mass is 727 g/mol. The lowest BCUT2D eigenvalue weighted by Crippen LogP contribution is -2.62. The molecule has 1 aliphatic heterocycles. The summed E-state index contributed by atoms with van der Waals surface area (Å²) in [7, 11) is -3.49. The quantitative estimate of drug-likeness (QED) is 0.232. The molecule has 51 heavy (non-hydrogen) atoms. The highest BCUT2D eigenvalue weighted by Crippen LogP contribution is 2.35. The van der Waals surface area contributed by atoms with Crippen LogP contribution in [0.3, 0.4) is 0 Å². The summed E-state index contributed by atoms with van der Waals surface area (Å²) < 4.78 is 25.5. The number of nitrogens with zero attached hydrogens (tertiary/aromatic N) is 4. The number of Topliss-reactive ketones (excluding diaryl/α,β-unsaturated/α-hetero) is 1. The van der Waals surface area contributed by atoms with Crippen molar-refractivity contribution in [1.82, 2.24) is 30.5 Å². The Morgan fingerprint density at radius 2 is 1.65 bits per heavy atom. The number of carbonyl (C=O) groups is 5. The van der Waals surface area contributed by atoms with E-state index in [4.69, 9.17) is 5.73 Å². The molecule has 2 heterocycles. The van der Waals surface area contributed by atoms with E-state index in [1.165, 1.54) is 40.0 Å². The van der Waals surface area contributed by atoms with Crippen molar-refractivity contribution >= 4 is 39.2 Å². The first kappa shape index (κ1) is 38.1. The molecule has 2 aliphatic carbocycles. The van der Waals surface area contributed by atoms with Gasteiger partial charge in [-0.2, -0.15) is 0 Å². The highest BCUT2D eigenvalue weighted by atomic mass is 32.2. The molecular weight excluding hydrogens is 678 g/mol. The smallest absolute Gasteiger partial charge is 0.287 e. The number of likely N-dealkylation sites (tertiary alicyclic amines) is 1. The van der Waals surface area contributed by atoms with E-state index in [-0.39, 0.29) is 42.2 Å². The fourth-order valence-electron chi connectivity index (χ4n) is 7.83. The zero-order valence-electron chi connectivity index (χ0n) is 29.5. The van der Waals surface area contributed by atoms with Gasteiger partial charge in [-0.25, -0.2) is 13.1 Å². The Morgan fingerprint density at radius 3 is 2.24 bits per heavy atom. The van der Waals surface area contributed by atoms with Gasteiger partial charge in [0.1, 0.15) is 23.2 Å². The minimum absolute atomic E-state index is 0.0137. The fourth-order valence-corrected chi connectivity index (χ4v) is 8.46. The number of nitrogens with two attached hydrogens (primary N) is 1. The summed E-state index contributed by atoms with van der Waals surface area (Å²) in [5, 5.41) is 24.7. The van der Waals surface area contributed by atoms with Crippen LogP contribution in [0.4, 0.5) is 0 Å². The molecule has 2 saturated carbocycles. The van der Waals surface area contributed by atoms with Crippen LogP contribution in [-0.4, -0.2) is 93.3 Å². The van der Waals surface area contributed by atoms with Crippen molar-refractivity contribution in [3.8, 4) is 0 Å². The molecule has 0 spiro atoms. The van der Waals surface area contributed by atoms with Crippen LogP contribution in [-0.2, 0) is 34.6 Å². The zero-order chi connectivity index (χ0) is 37.1. The van der Waals surface area contributed by atoms with Gasteiger partial charge < -0.3 is 26.4 Å². The van der Waals surface area contributed by atoms with Gasteiger partial charge in [-0.3, -0.25) is 24.0 Å². The second kappa shape index (κ2) is 15.2. The summed E-state index contributed by atoms with van der Waals surface area (Å²) >= 11 is 0. The molecule has 1 aromatic carbocycles. The van der Waals surface area contributed by atoms with Crippen LogP contribution >= 0.6 is 0 Å². The van der Waals surface area contributed by atoms with Gasteiger partial charge in [0.2, 0.25) is 17.6 Å². The number of amides is 4. The van der Waals surface area contributed by atoms with Crippen LogP contribution in [0.2, 0.25) is 0 Å². The minimum atomic E-state index is -3.49. The van der Waals surface area contributed by atoms with Gasteiger partial charge in [-0.1, -0.05) is 56.6 Å². The molecular formula is C35H49N7O8S. The number of benzene rings is 1. The summed E-state index contributed by atoms with van der Waals surface area (Å²) in [4.78, 5) is 69.3. The maximum atomic E-state index is 14.7. The highest BCUT2D eigenvalue weighted by Gasteiger charge is 2.49. The third-order valence-electron chi connectivity index (χ3n) is 10.6. The lowest BCUT2D eigenvalue weighted by molar-refractivity contribution is -0.145. The SMILES string of the molecule is CC(C)(O)c1cnnn1C1CC(C(=O)NC2(C(=O)C(N)=O)CCCCC2)N(C(=O)[C@@H](CC2CCCCC2)NC(=O)c2ccc(S(C)(=O)=O)cc2)C1. The third kappa shape index (κ3) is 8.66. The molecule has 2 aromatic rings. The average Bonchev–Trinajstić information content (AvgIpc) is 3.76. The normalized spacial score (nSPS) is 21.8. The predicted octanol–water partition coefficient (Wildman–Crippen LogP) is 1.69. The van der Waals surface area contributed by atoms with Crippen LogP contribution < -0.4 is 16.4 Å². The van der Waals surface area contributed by atoms with E-state index in [1.54, 1.807) is 13.8 Å². The lowest BCUT2D eigenvalue weighted by Gasteiger charge is -2.38. The van der Waals surface area contributed by atoms with E-state index in [1.807, 2.05) is 0 Å². The molecule has 3 atom stereocenters. The largest absolute Gasteiger partial charge is 0.384 e. The van der Waals surface area contributed by atoms with E-state index >= 15 is 0 Å². The maximum Gasteiger partial charge on any atom is 0.287 e.